The number of hydrogen-bond acceptors (Lipinski definition) is 16. The molecule has 2 N–H and O–H groups in total. The van der Waals surface area contributed by atoms with Crippen LogP contribution in [0.1, 0.15) is 90.9 Å². The van der Waals surface area contributed by atoms with E-state index in [0.717, 1.165) is 51.2 Å². The van der Waals surface area contributed by atoms with Crippen LogP contribution in [0.3, 0.4) is 0 Å². The van der Waals surface area contributed by atoms with E-state index in [4.69, 9.17) is 65.9 Å². The average molecular weight is 1080 g/mol. The van der Waals surface area contributed by atoms with Crippen molar-refractivity contribution < 1.29 is 80.3 Å². The van der Waals surface area contributed by atoms with Crippen molar-refractivity contribution in [1.82, 2.24) is 4.90 Å². The predicted molar refractivity (Wildman–Crippen MR) is 286 cm³/mol. The number of hydrogen-bond donors (Lipinski definition) is 2. The summed E-state index contributed by atoms with van der Waals surface area (Å²) in [7, 11) is -0.136. The molecule has 426 valence electrons. The van der Waals surface area contributed by atoms with Crippen molar-refractivity contribution in [3.63, 3.8) is 0 Å². The summed E-state index contributed by atoms with van der Waals surface area (Å²) in [5.41, 5.74) is 0. The first kappa shape index (κ1) is 72.1. The second kappa shape index (κ2) is 47.5. The van der Waals surface area contributed by atoms with Crippen LogP contribution in [0.2, 0.25) is 51.4 Å². The maximum absolute atomic E-state index is 12.7. The lowest BCUT2D eigenvalue weighted by Gasteiger charge is -2.38. The zero-order chi connectivity index (χ0) is 53.5. The topological polar surface area (TPSA) is 202 Å². The summed E-state index contributed by atoms with van der Waals surface area (Å²) in [5.74, 6) is -0.861. The fourth-order valence-corrected chi connectivity index (χ4v) is 21.6. The molecule has 0 aromatic carbocycles. The smallest absolute Gasteiger partial charge is 0.311 e. The molecule has 71 heavy (non-hydrogen) atoms. The van der Waals surface area contributed by atoms with Gasteiger partial charge < -0.3 is 80.4 Å². The summed E-state index contributed by atoms with van der Waals surface area (Å²) < 4.78 is 64.1. The highest BCUT2D eigenvalue weighted by atomic mass is 28.5. The number of carboxylic acid groups (broad SMARTS) is 1. The number of aliphatic carboxylic acids is 1. The van der Waals surface area contributed by atoms with Gasteiger partial charge in [-0.25, -0.2) is 0 Å². The second-order valence-electron chi connectivity index (χ2n) is 20.4. The molecule has 18 nitrogen and oxygen atoms in total. The second-order valence-corrected chi connectivity index (χ2v) is 32.9. The van der Waals surface area contributed by atoms with Crippen molar-refractivity contribution in [3.05, 3.63) is 0 Å². The van der Waals surface area contributed by atoms with Crippen molar-refractivity contribution in [2.45, 2.75) is 148 Å². The van der Waals surface area contributed by atoms with Crippen LogP contribution in [0, 0.1) is 0 Å². The number of carboxylic acids is 1. The molecule has 1 amide bonds. The van der Waals surface area contributed by atoms with E-state index in [1.807, 2.05) is 11.9 Å². The number of carbonyl (C=O) groups is 2. The van der Waals surface area contributed by atoms with Gasteiger partial charge in [0.15, 0.2) is 16.6 Å². The molecule has 0 saturated carbocycles. The van der Waals surface area contributed by atoms with Crippen molar-refractivity contribution in [1.29, 1.82) is 0 Å². The maximum atomic E-state index is 12.7. The van der Waals surface area contributed by atoms with Gasteiger partial charge in [-0.2, -0.15) is 0 Å². The molecule has 0 saturated heterocycles. The van der Waals surface area contributed by atoms with Crippen LogP contribution in [-0.2, 0) is 60.5 Å². The molecular weight excluding hydrogens is 969 g/mol. The van der Waals surface area contributed by atoms with Crippen molar-refractivity contribution in [3.8, 4) is 0 Å². The van der Waals surface area contributed by atoms with E-state index in [1.54, 1.807) is 0 Å². The maximum Gasteiger partial charge on any atom is 0.311 e. The van der Waals surface area contributed by atoms with Crippen molar-refractivity contribution in [2.75, 3.05) is 166 Å². The van der Waals surface area contributed by atoms with Crippen LogP contribution in [0.25, 0.3) is 0 Å². The molecule has 0 aromatic rings. The Balaban J connectivity index is 0. The third-order valence-corrected chi connectivity index (χ3v) is 22.5. The fourth-order valence-electron chi connectivity index (χ4n) is 7.62. The lowest BCUT2D eigenvalue weighted by atomic mass is 10.1. The SMILES string of the molecule is CC(=O)[O-].CCCCCCCCCCCC(=O)N(C)CC[N+](C)(C)CC(O)COCCC[Si](C)(C)O[Si](C)(C)O[Si](C)(C)CCCOCCOCCOCCOCCOCCOCCOCCOCCO. The largest absolute Gasteiger partial charge is 0.550 e. The zero-order valence-corrected chi connectivity index (χ0v) is 50.0. The molecule has 21 heteroatoms. The Morgan fingerprint density at radius 1 is 0.549 bits per heavy atom. The molecule has 0 spiro atoms. The molecule has 1 atom stereocenters. The monoisotopic (exact) mass is 1080 g/mol. The number of aliphatic hydroxyl groups excluding tert-OH is 2. The van der Waals surface area contributed by atoms with Gasteiger partial charge in [-0.1, -0.05) is 58.3 Å². The molecule has 0 aliphatic rings. The number of rotatable bonds is 52. The number of amides is 1. The molecule has 0 heterocycles. The number of quaternary nitrogens is 1. The summed E-state index contributed by atoms with van der Waals surface area (Å²) in [6, 6.07) is 1.98. The van der Waals surface area contributed by atoms with Crippen LogP contribution in [0.15, 0.2) is 0 Å². The van der Waals surface area contributed by atoms with Crippen LogP contribution in [0.4, 0.5) is 0 Å². The lowest BCUT2D eigenvalue weighted by Crippen LogP contribution is -2.52. The first-order valence-corrected chi connectivity index (χ1v) is 35.8. The molecule has 0 radical (unpaired) electrons. The molecular formula is C50H108N2O16Si3. The van der Waals surface area contributed by atoms with Gasteiger partial charge in [0.1, 0.15) is 12.6 Å². The number of ether oxygens (including phenoxy) is 9. The zero-order valence-electron chi connectivity index (χ0n) is 47.0. The summed E-state index contributed by atoms with van der Waals surface area (Å²) >= 11 is 0. The highest BCUT2D eigenvalue weighted by Crippen LogP contribution is 2.26. The third kappa shape index (κ3) is 55.1. The van der Waals surface area contributed by atoms with Gasteiger partial charge in [0.2, 0.25) is 5.91 Å². The predicted octanol–water partition coefficient (Wildman–Crippen LogP) is 5.63. The van der Waals surface area contributed by atoms with E-state index in [2.05, 4.69) is 60.3 Å². The Labute approximate surface area is 435 Å². The molecule has 0 bridgehead atoms. The Hall–Kier alpha value is -0.969. The molecule has 0 rings (SSSR count). The van der Waals surface area contributed by atoms with Crippen LogP contribution >= 0.6 is 0 Å². The Morgan fingerprint density at radius 3 is 1.27 bits per heavy atom. The highest BCUT2D eigenvalue weighted by Gasteiger charge is 2.39. The van der Waals surface area contributed by atoms with E-state index < -0.39 is 37.3 Å². The normalized spacial score (nSPS) is 12.8. The van der Waals surface area contributed by atoms with Crippen LogP contribution in [0.5, 0.6) is 0 Å². The summed E-state index contributed by atoms with van der Waals surface area (Å²) in [4.78, 5) is 23.4. The van der Waals surface area contributed by atoms with Crippen LogP contribution in [-0.4, -0.2) is 229 Å². The molecule has 0 aromatic heterocycles. The number of unbranched alkanes of at least 4 members (excludes halogenated alkanes) is 8. The number of aliphatic hydroxyl groups is 2. The standard InChI is InChI=1S/C48H105N2O14Si3.C2H4O2/c1-11-12-13-14-15-16-17-18-19-22-48(53)49(2)23-24-50(3,4)45-47(52)46-62-27-21-44-66(7,8)64-67(9,10)63-65(5,6)43-20-26-54-29-31-56-33-35-58-37-39-60-41-42-61-40-38-59-36-34-57-32-30-55-28-25-51;1-2(3)4/h47,51-52H,11-46H2,1-10H3;1H3,(H,3,4)/q+1;/p-1. The first-order valence-electron chi connectivity index (χ1n) is 26.8. The number of likely N-dealkylation sites (N-methyl/N-ethyl adjacent to an activating group) is 2. The molecule has 0 aliphatic carbocycles. The summed E-state index contributed by atoms with van der Waals surface area (Å²) in [6.07, 6.45) is 13.2. The van der Waals surface area contributed by atoms with Gasteiger partial charge in [-0.05, 0) is 77.6 Å². The lowest BCUT2D eigenvalue weighted by molar-refractivity contribution is -0.892. The van der Waals surface area contributed by atoms with Gasteiger partial charge in [0.05, 0.1) is 140 Å². The van der Waals surface area contributed by atoms with Gasteiger partial charge >= 0.3 is 8.56 Å². The number of carbonyl (C=O) groups excluding carboxylic acids is 2. The Morgan fingerprint density at radius 2 is 0.887 bits per heavy atom. The van der Waals surface area contributed by atoms with Gasteiger partial charge in [0, 0.05) is 32.7 Å². The molecule has 0 aliphatic heterocycles. The van der Waals surface area contributed by atoms with E-state index in [9.17, 15) is 9.90 Å². The minimum Gasteiger partial charge on any atom is -0.550 e. The van der Waals surface area contributed by atoms with Crippen LogP contribution < -0.4 is 5.11 Å². The fraction of sp³-hybridized carbons (Fsp3) is 0.960. The summed E-state index contributed by atoms with van der Waals surface area (Å²) in [6.45, 7) is 27.7. The van der Waals surface area contributed by atoms with Gasteiger partial charge in [0.25, 0.3) is 0 Å². The van der Waals surface area contributed by atoms with Gasteiger partial charge in [-0.3, -0.25) is 4.79 Å². The average Bonchev–Trinajstić information content (AvgIpc) is 3.27. The first-order chi connectivity index (χ1) is 33.7. The quantitative estimate of drug-likeness (QED) is 0.0431. The number of nitrogens with zero attached hydrogens (tertiary/aromatic N) is 2. The van der Waals surface area contributed by atoms with Crippen molar-refractivity contribution in [2.24, 2.45) is 0 Å². The van der Waals surface area contributed by atoms with Crippen molar-refractivity contribution >= 4 is 37.1 Å². The van der Waals surface area contributed by atoms with E-state index in [1.165, 1.54) is 44.9 Å². The Bertz CT molecular complexity index is 1210. The van der Waals surface area contributed by atoms with E-state index in [-0.39, 0.29) is 12.5 Å². The Kier molecular flexibility index (Phi) is 48.2. The molecule has 0 fully saturated rings. The van der Waals surface area contributed by atoms with E-state index in [0.29, 0.717) is 143 Å². The molecule has 1 unspecified atom stereocenters. The minimum atomic E-state index is -2.33. The summed E-state index contributed by atoms with van der Waals surface area (Å²) in [5, 5.41) is 28.3. The minimum absolute atomic E-state index is 0.0222. The van der Waals surface area contributed by atoms with Gasteiger partial charge in [-0.15, -0.1) is 0 Å². The van der Waals surface area contributed by atoms with E-state index >= 15 is 0 Å². The highest BCUT2D eigenvalue weighted by molar-refractivity contribution is 6.87. The third-order valence-electron chi connectivity index (χ3n) is 11.0.